The number of fused-ring (bicyclic) bond motifs is 3. The van der Waals surface area contributed by atoms with E-state index < -0.39 is 0 Å². The van der Waals surface area contributed by atoms with Crippen molar-refractivity contribution in [3.8, 4) is 11.1 Å². The van der Waals surface area contributed by atoms with Gasteiger partial charge in [0, 0.05) is 0 Å². The van der Waals surface area contributed by atoms with Crippen LogP contribution < -0.4 is 0 Å². The van der Waals surface area contributed by atoms with Gasteiger partial charge in [0.05, 0.1) is 5.41 Å². The van der Waals surface area contributed by atoms with Crippen molar-refractivity contribution in [3.63, 3.8) is 0 Å². The standard InChI is InChI=1S/C30H28.C2H6/c1-4-22-15-17-28-25(19-22)26-20-23(5-2)16-18-29(26)30(28,24-12-7-6-8-13-24)27-14-10-9-11-21(27)3;1-2/h6-20H,4-5H2,1-3H3;1-2H3. The maximum Gasteiger partial charge on any atom is 0.0716 e. The topological polar surface area (TPSA) is 0 Å². The van der Waals surface area contributed by atoms with Gasteiger partial charge >= 0.3 is 0 Å². The predicted molar refractivity (Wildman–Crippen MR) is 139 cm³/mol. The third-order valence-corrected chi connectivity index (χ3v) is 6.84. The van der Waals surface area contributed by atoms with Crippen LogP contribution in [-0.4, -0.2) is 0 Å². The third-order valence-electron chi connectivity index (χ3n) is 6.84. The Balaban J connectivity index is 0.00000119. The first kappa shape index (κ1) is 22.1. The van der Waals surface area contributed by atoms with Crippen molar-refractivity contribution in [2.75, 3.05) is 0 Å². The lowest BCUT2D eigenvalue weighted by molar-refractivity contribution is 0.760. The lowest BCUT2D eigenvalue weighted by Crippen LogP contribution is -2.29. The summed E-state index contributed by atoms with van der Waals surface area (Å²) in [5, 5.41) is 0. The van der Waals surface area contributed by atoms with Gasteiger partial charge in [0.25, 0.3) is 0 Å². The van der Waals surface area contributed by atoms with Crippen LogP contribution in [-0.2, 0) is 18.3 Å². The van der Waals surface area contributed by atoms with Gasteiger partial charge in [-0.1, -0.05) is 119 Å². The summed E-state index contributed by atoms with van der Waals surface area (Å²) in [5.74, 6) is 0. The molecule has 0 saturated carbocycles. The van der Waals surface area contributed by atoms with Gasteiger partial charge in [0.1, 0.15) is 0 Å². The molecule has 0 unspecified atom stereocenters. The van der Waals surface area contributed by atoms with Crippen molar-refractivity contribution in [2.45, 2.75) is 52.9 Å². The molecule has 1 aliphatic carbocycles. The molecule has 0 fully saturated rings. The minimum Gasteiger partial charge on any atom is -0.0683 e. The maximum atomic E-state index is 2.43. The average molecular weight is 419 g/mol. The van der Waals surface area contributed by atoms with Crippen LogP contribution in [0.15, 0.2) is 91.0 Å². The second-order valence-electron chi connectivity index (χ2n) is 8.40. The SMILES string of the molecule is CC.CCc1ccc2c(c1)-c1cc(CC)ccc1C2(c1ccccc1)c1ccccc1C. The fraction of sp³-hybridized carbons (Fsp3) is 0.250. The van der Waals surface area contributed by atoms with Gasteiger partial charge in [0.2, 0.25) is 0 Å². The Kier molecular flexibility index (Phi) is 6.33. The van der Waals surface area contributed by atoms with Gasteiger partial charge in [-0.2, -0.15) is 0 Å². The van der Waals surface area contributed by atoms with Gasteiger partial charge in [-0.05, 0) is 69.8 Å². The average Bonchev–Trinajstić information content (AvgIpc) is 3.15. The normalized spacial score (nSPS) is 13.0. The first-order chi connectivity index (χ1) is 15.7. The van der Waals surface area contributed by atoms with Gasteiger partial charge in [0.15, 0.2) is 0 Å². The van der Waals surface area contributed by atoms with E-state index in [4.69, 9.17) is 0 Å². The van der Waals surface area contributed by atoms with E-state index in [-0.39, 0.29) is 5.41 Å². The fourth-order valence-corrected chi connectivity index (χ4v) is 5.31. The predicted octanol–water partition coefficient (Wildman–Crippen LogP) is 8.51. The van der Waals surface area contributed by atoms with Gasteiger partial charge in [-0.3, -0.25) is 0 Å². The lowest BCUT2D eigenvalue weighted by atomic mass is 9.66. The van der Waals surface area contributed by atoms with Crippen molar-refractivity contribution in [1.82, 2.24) is 0 Å². The molecular formula is C32H34. The first-order valence-corrected chi connectivity index (χ1v) is 12.1. The van der Waals surface area contributed by atoms with Gasteiger partial charge in [-0.25, -0.2) is 0 Å². The third kappa shape index (κ3) is 3.30. The highest BCUT2D eigenvalue weighted by Crippen LogP contribution is 2.57. The van der Waals surface area contributed by atoms with Gasteiger partial charge < -0.3 is 0 Å². The molecule has 0 aromatic heterocycles. The minimum atomic E-state index is -0.282. The molecule has 0 N–H and O–H groups in total. The number of aryl methyl sites for hydroxylation is 3. The minimum absolute atomic E-state index is 0.282. The zero-order chi connectivity index (χ0) is 22.7. The monoisotopic (exact) mass is 418 g/mol. The second kappa shape index (κ2) is 9.17. The molecule has 4 aromatic rings. The Morgan fingerprint density at radius 1 is 0.562 bits per heavy atom. The summed E-state index contributed by atoms with van der Waals surface area (Å²) in [6, 6.07) is 34.2. The molecule has 0 atom stereocenters. The van der Waals surface area contributed by atoms with Crippen LogP contribution in [0.2, 0.25) is 0 Å². The van der Waals surface area contributed by atoms with Crippen molar-refractivity contribution < 1.29 is 0 Å². The maximum absolute atomic E-state index is 2.43. The largest absolute Gasteiger partial charge is 0.0716 e. The number of benzene rings is 4. The van der Waals surface area contributed by atoms with E-state index in [0.29, 0.717) is 0 Å². The Labute approximate surface area is 194 Å². The summed E-state index contributed by atoms with van der Waals surface area (Å²) < 4.78 is 0. The zero-order valence-corrected chi connectivity index (χ0v) is 20.1. The quantitative estimate of drug-likeness (QED) is 0.274. The van der Waals surface area contributed by atoms with Crippen molar-refractivity contribution in [1.29, 1.82) is 0 Å². The van der Waals surface area contributed by atoms with Crippen LogP contribution in [0.25, 0.3) is 11.1 Å². The van der Waals surface area contributed by atoms with Crippen molar-refractivity contribution >= 4 is 0 Å². The summed E-state index contributed by atoms with van der Waals surface area (Å²) in [7, 11) is 0. The lowest BCUT2D eigenvalue weighted by Gasteiger charge is -2.35. The molecule has 0 amide bonds. The Bertz CT molecular complexity index is 1160. The summed E-state index contributed by atoms with van der Waals surface area (Å²) in [5.41, 5.74) is 12.2. The molecule has 0 saturated heterocycles. The summed E-state index contributed by atoms with van der Waals surface area (Å²) in [4.78, 5) is 0. The molecule has 1 aliphatic rings. The van der Waals surface area contributed by atoms with Crippen LogP contribution >= 0.6 is 0 Å². The van der Waals surface area contributed by atoms with E-state index in [1.807, 2.05) is 13.8 Å². The van der Waals surface area contributed by atoms with Crippen LogP contribution in [0.4, 0.5) is 0 Å². The molecule has 162 valence electrons. The van der Waals surface area contributed by atoms with Crippen LogP contribution in [0.5, 0.6) is 0 Å². The first-order valence-electron chi connectivity index (χ1n) is 12.1. The van der Waals surface area contributed by atoms with E-state index in [1.165, 1.54) is 50.1 Å². The van der Waals surface area contributed by atoms with Crippen molar-refractivity contribution in [3.05, 3.63) is 130 Å². The Hall–Kier alpha value is -3.12. The second-order valence-corrected chi connectivity index (χ2v) is 8.40. The molecule has 0 bridgehead atoms. The summed E-state index contributed by atoms with van der Waals surface area (Å²) in [6.45, 7) is 10.7. The molecule has 0 heterocycles. The number of hydrogen-bond acceptors (Lipinski definition) is 0. The molecule has 5 rings (SSSR count). The molecule has 0 heteroatoms. The van der Waals surface area contributed by atoms with Crippen molar-refractivity contribution in [2.24, 2.45) is 0 Å². The summed E-state index contributed by atoms with van der Waals surface area (Å²) >= 11 is 0. The number of rotatable bonds is 4. The van der Waals surface area contributed by atoms with E-state index in [0.717, 1.165) is 12.8 Å². The highest BCUT2D eigenvalue weighted by molar-refractivity contribution is 5.87. The molecule has 0 nitrogen and oxygen atoms in total. The molecule has 0 spiro atoms. The highest BCUT2D eigenvalue weighted by atomic mass is 14.5. The van der Waals surface area contributed by atoms with E-state index in [2.05, 4.69) is 112 Å². The smallest absolute Gasteiger partial charge is 0.0683 e. The molecule has 32 heavy (non-hydrogen) atoms. The van der Waals surface area contributed by atoms with E-state index in [1.54, 1.807) is 0 Å². The fourth-order valence-electron chi connectivity index (χ4n) is 5.31. The van der Waals surface area contributed by atoms with E-state index in [9.17, 15) is 0 Å². The van der Waals surface area contributed by atoms with E-state index >= 15 is 0 Å². The van der Waals surface area contributed by atoms with Gasteiger partial charge in [-0.15, -0.1) is 0 Å². The molecule has 4 aromatic carbocycles. The molecular weight excluding hydrogens is 384 g/mol. The Morgan fingerprint density at radius 3 is 1.56 bits per heavy atom. The van der Waals surface area contributed by atoms with Crippen LogP contribution in [0.1, 0.15) is 66.6 Å². The zero-order valence-electron chi connectivity index (χ0n) is 20.1. The highest BCUT2D eigenvalue weighted by Gasteiger charge is 2.46. The number of hydrogen-bond donors (Lipinski definition) is 0. The molecule has 0 radical (unpaired) electrons. The summed E-state index contributed by atoms with van der Waals surface area (Å²) in [6.07, 6.45) is 2.11. The Morgan fingerprint density at radius 2 is 1.06 bits per heavy atom. The van der Waals surface area contributed by atoms with Crippen LogP contribution in [0.3, 0.4) is 0 Å². The molecule has 0 aliphatic heterocycles. The van der Waals surface area contributed by atoms with Crippen LogP contribution in [0, 0.1) is 6.92 Å².